The number of hydrogen-bond donors (Lipinski definition) is 1. The summed E-state index contributed by atoms with van der Waals surface area (Å²) in [6, 6.07) is 11.2. The Bertz CT molecular complexity index is 846. The van der Waals surface area contributed by atoms with Crippen molar-refractivity contribution in [2.75, 3.05) is 33.3 Å². The number of ether oxygens (including phenoxy) is 4. The molecule has 2 aromatic rings. The van der Waals surface area contributed by atoms with Crippen molar-refractivity contribution in [3.05, 3.63) is 53.6 Å². The van der Waals surface area contributed by atoms with E-state index in [1.54, 1.807) is 30.3 Å². The lowest BCUT2D eigenvalue weighted by molar-refractivity contribution is -0.146. The third-order valence-electron chi connectivity index (χ3n) is 3.78. The number of carbonyl (C=O) groups is 3. The molecular formula is C20H21NO7. The molecule has 0 fully saturated rings. The van der Waals surface area contributed by atoms with Gasteiger partial charge in [0.25, 0.3) is 5.91 Å². The van der Waals surface area contributed by atoms with E-state index in [2.05, 4.69) is 10.1 Å². The van der Waals surface area contributed by atoms with Crippen LogP contribution in [0.15, 0.2) is 42.5 Å². The first kappa shape index (κ1) is 20.8. The number of amides is 1. The lowest BCUT2D eigenvalue weighted by Gasteiger charge is -2.10. The standard InChI is InChI=1S/C20H21NO7/c1-25-16-9-6-14(17(11-16)26-2)10-19(23)28-12-18(22)21-15-7-4-13(5-8-15)20(24)27-3/h4-9,11H,10,12H2,1-3H3,(H,21,22). The van der Waals surface area contributed by atoms with Gasteiger partial charge in [0.15, 0.2) is 6.61 Å². The molecule has 0 radical (unpaired) electrons. The molecule has 0 spiro atoms. The molecule has 0 heterocycles. The molecule has 0 atom stereocenters. The van der Waals surface area contributed by atoms with E-state index in [0.717, 1.165) is 0 Å². The summed E-state index contributed by atoms with van der Waals surface area (Å²) in [5.74, 6) is -0.445. The SMILES string of the molecule is COC(=O)c1ccc(NC(=O)COC(=O)Cc2ccc(OC)cc2OC)cc1. The van der Waals surface area contributed by atoms with Crippen molar-refractivity contribution in [1.82, 2.24) is 0 Å². The molecule has 0 aromatic heterocycles. The van der Waals surface area contributed by atoms with Gasteiger partial charge in [-0.2, -0.15) is 0 Å². The van der Waals surface area contributed by atoms with E-state index in [4.69, 9.17) is 14.2 Å². The van der Waals surface area contributed by atoms with Crippen LogP contribution in [0.1, 0.15) is 15.9 Å². The van der Waals surface area contributed by atoms with Crippen LogP contribution in [0.2, 0.25) is 0 Å². The van der Waals surface area contributed by atoms with E-state index >= 15 is 0 Å². The molecule has 0 aliphatic heterocycles. The predicted molar refractivity (Wildman–Crippen MR) is 101 cm³/mol. The molecule has 8 heteroatoms. The Morgan fingerprint density at radius 1 is 0.929 bits per heavy atom. The van der Waals surface area contributed by atoms with Crippen molar-refractivity contribution in [3.63, 3.8) is 0 Å². The zero-order valence-electron chi connectivity index (χ0n) is 15.8. The maximum Gasteiger partial charge on any atom is 0.337 e. The maximum absolute atomic E-state index is 12.0. The molecule has 0 unspecified atom stereocenters. The zero-order valence-corrected chi connectivity index (χ0v) is 15.8. The average molecular weight is 387 g/mol. The molecule has 1 N–H and O–H groups in total. The largest absolute Gasteiger partial charge is 0.497 e. The first-order chi connectivity index (χ1) is 13.5. The van der Waals surface area contributed by atoms with Gasteiger partial charge in [0.1, 0.15) is 11.5 Å². The van der Waals surface area contributed by atoms with Crippen molar-refractivity contribution in [2.45, 2.75) is 6.42 Å². The first-order valence-corrected chi connectivity index (χ1v) is 8.31. The van der Waals surface area contributed by atoms with Gasteiger partial charge in [-0.25, -0.2) is 4.79 Å². The summed E-state index contributed by atoms with van der Waals surface area (Å²) in [5, 5.41) is 2.57. The molecule has 0 saturated carbocycles. The summed E-state index contributed by atoms with van der Waals surface area (Å²) in [6.45, 7) is -0.434. The fourth-order valence-corrected chi connectivity index (χ4v) is 2.36. The van der Waals surface area contributed by atoms with Gasteiger partial charge < -0.3 is 24.3 Å². The van der Waals surface area contributed by atoms with E-state index in [-0.39, 0.29) is 6.42 Å². The van der Waals surface area contributed by atoms with Gasteiger partial charge in [0, 0.05) is 17.3 Å². The number of nitrogens with one attached hydrogen (secondary N) is 1. The van der Waals surface area contributed by atoms with Crippen LogP contribution in [-0.2, 0) is 25.5 Å². The summed E-state index contributed by atoms with van der Waals surface area (Å²) in [7, 11) is 4.31. The predicted octanol–water partition coefficient (Wildman–Crippen LogP) is 2.21. The van der Waals surface area contributed by atoms with Crippen molar-refractivity contribution in [2.24, 2.45) is 0 Å². The van der Waals surface area contributed by atoms with Gasteiger partial charge >= 0.3 is 11.9 Å². The lowest BCUT2D eigenvalue weighted by atomic mass is 10.1. The third kappa shape index (κ3) is 5.73. The van der Waals surface area contributed by atoms with Gasteiger partial charge in [-0.15, -0.1) is 0 Å². The number of hydrogen-bond acceptors (Lipinski definition) is 7. The molecule has 28 heavy (non-hydrogen) atoms. The quantitative estimate of drug-likeness (QED) is 0.693. The Hall–Kier alpha value is -3.55. The smallest absolute Gasteiger partial charge is 0.337 e. The first-order valence-electron chi connectivity index (χ1n) is 8.31. The van der Waals surface area contributed by atoms with Crippen LogP contribution in [0.4, 0.5) is 5.69 Å². The Morgan fingerprint density at radius 2 is 1.64 bits per heavy atom. The second-order valence-corrected chi connectivity index (χ2v) is 5.63. The minimum absolute atomic E-state index is 0.0473. The van der Waals surface area contributed by atoms with Gasteiger partial charge in [0.05, 0.1) is 33.3 Å². The highest BCUT2D eigenvalue weighted by molar-refractivity contribution is 5.94. The van der Waals surface area contributed by atoms with E-state index in [0.29, 0.717) is 28.3 Å². The van der Waals surface area contributed by atoms with E-state index in [9.17, 15) is 14.4 Å². The number of anilines is 1. The second kappa shape index (κ2) is 9.96. The van der Waals surface area contributed by atoms with Crippen LogP contribution in [0.3, 0.4) is 0 Å². The highest BCUT2D eigenvalue weighted by Crippen LogP contribution is 2.25. The summed E-state index contributed by atoms with van der Waals surface area (Å²) in [6.07, 6.45) is -0.0473. The Balaban J connectivity index is 1.85. The molecule has 0 bridgehead atoms. The molecule has 0 aliphatic rings. The van der Waals surface area contributed by atoms with Gasteiger partial charge in [-0.1, -0.05) is 6.07 Å². The lowest BCUT2D eigenvalue weighted by Crippen LogP contribution is -2.21. The van der Waals surface area contributed by atoms with Gasteiger partial charge in [0.2, 0.25) is 0 Å². The number of benzene rings is 2. The molecule has 2 aromatic carbocycles. The molecule has 0 aliphatic carbocycles. The fourth-order valence-electron chi connectivity index (χ4n) is 2.36. The summed E-state index contributed by atoms with van der Waals surface area (Å²) in [4.78, 5) is 35.3. The van der Waals surface area contributed by atoms with Crippen molar-refractivity contribution < 1.29 is 33.3 Å². The maximum atomic E-state index is 12.0. The molecule has 2 rings (SSSR count). The van der Waals surface area contributed by atoms with E-state index in [1.165, 1.54) is 33.5 Å². The minimum atomic E-state index is -0.570. The summed E-state index contributed by atoms with van der Waals surface area (Å²) in [5.41, 5.74) is 1.44. The molecular weight excluding hydrogens is 366 g/mol. The summed E-state index contributed by atoms with van der Waals surface area (Å²) < 4.78 is 19.9. The molecule has 148 valence electrons. The van der Waals surface area contributed by atoms with Crippen LogP contribution in [0.25, 0.3) is 0 Å². The van der Waals surface area contributed by atoms with Crippen LogP contribution in [-0.4, -0.2) is 45.8 Å². The van der Waals surface area contributed by atoms with Crippen LogP contribution in [0, 0.1) is 0 Å². The molecule has 0 saturated heterocycles. The topological polar surface area (TPSA) is 100 Å². The van der Waals surface area contributed by atoms with Crippen LogP contribution < -0.4 is 14.8 Å². The second-order valence-electron chi connectivity index (χ2n) is 5.63. The Morgan fingerprint density at radius 3 is 2.25 bits per heavy atom. The molecule has 1 amide bonds. The average Bonchev–Trinajstić information content (AvgIpc) is 2.72. The Kier molecular flexibility index (Phi) is 7.38. The zero-order chi connectivity index (χ0) is 20.5. The minimum Gasteiger partial charge on any atom is -0.497 e. The number of rotatable bonds is 8. The highest BCUT2D eigenvalue weighted by atomic mass is 16.5. The fraction of sp³-hybridized carbons (Fsp3) is 0.250. The van der Waals surface area contributed by atoms with Crippen molar-refractivity contribution in [1.29, 1.82) is 0 Å². The van der Waals surface area contributed by atoms with Crippen molar-refractivity contribution >= 4 is 23.5 Å². The van der Waals surface area contributed by atoms with E-state index in [1.807, 2.05) is 0 Å². The van der Waals surface area contributed by atoms with E-state index < -0.39 is 24.5 Å². The number of carbonyl (C=O) groups excluding carboxylic acids is 3. The third-order valence-corrected chi connectivity index (χ3v) is 3.78. The number of esters is 2. The highest BCUT2D eigenvalue weighted by Gasteiger charge is 2.13. The Labute approximate surface area is 162 Å². The van der Waals surface area contributed by atoms with Gasteiger partial charge in [-0.3, -0.25) is 9.59 Å². The summed E-state index contributed by atoms with van der Waals surface area (Å²) >= 11 is 0. The normalized spacial score (nSPS) is 9.96. The van der Waals surface area contributed by atoms with Crippen molar-refractivity contribution in [3.8, 4) is 11.5 Å². The molecule has 8 nitrogen and oxygen atoms in total. The van der Waals surface area contributed by atoms with Crippen LogP contribution >= 0.6 is 0 Å². The van der Waals surface area contributed by atoms with Crippen LogP contribution in [0.5, 0.6) is 11.5 Å². The monoisotopic (exact) mass is 387 g/mol. The number of methoxy groups -OCH3 is 3. The van der Waals surface area contributed by atoms with Gasteiger partial charge in [-0.05, 0) is 30.3 Å².